The highest BCUT2D eigenvalue weighted by atomic mass is 127. The molecule has 2 rings (SSSR count). The minimum Gasteiger partial charge on any atom is -0.350 e. The monoisotopic (exact) mass is 477 g/mol. The van der Waals surface area contributed by atoms with Gasteiger partial charge in [-0.15, -0.1) is 35.3 Å². The van der Waals surface area contributed by atoms with E-state index in [0.717, 1.165) is 16.7 Å². The first kappa shape index (κ1) is 20.9. The van der Waals surface area contributed by atoms with Crippen molar-refractivity contribution in [3.8, 4) is 0 Å². The van der Waals surface area contributed by atoms with Gasteiger partial charge in [0, 0.05) is 45.5 Å². The predicted molar refractivity (Wildman–Crippen MR) is 96.6 cm³/mol. The van der Waals surface area contributed by atoms with Crippen LogP contribution in [0.1, 0.15) is 17.6 Å². The molecule has 24 heavy (non-hydrogen) atoms. The third-order valence-electron chi connectivity index (χ3n) is 3.48. The SMILES string of the molecule is CN=C(NCc1nc(C(F)(F)F)cs1)N1CCN(C(C)=O)CC1.I. The van der Waals surface area contributed by atoms with E-state index in [1.54, 1.807) is 11.9 Å². The number of hydrogen-bond donors (Lipinski definition) is 1. The maximum atomic E-state index is 12.5. The number of piperazine rings is 1. The molecule has 0 radical (unpaired) electrons. The summed E-state index contributed by atoms with van der Waals surface area (Å²) in [5.74, 6) is 0.632. The summed E-state index contributed by atoms with van der Waals surface area (Å²) in [6.07, 6.45) is -4.42. The zero-order chi connectivity index (χ0) is 17.0. The van der Waals surface area contributed by atoms with E-state index in [2.05, 4.69) is 15.3 Å². The largest absolute Gasteiger partial charge is 0.434 e. The highest BCUT2D eigenvalue weighted by Gasteiger charge is 2.33. The molecule has 0 aromatic carbocycles. The number of nitrogens with zero attached hydrogens (tertiary/aromatic N) is 4. The Hall–Kier alpha value is -1.11. The zero-order valence-electron chi connectivity index (χ0n) is 13.3. The highest BCUT2D eigenvalue weighted by molar-refractivity contribution is 14.0. The van der Waals surface area contributed by atoms with Crippen LogP contribution in [0.15, 0.2) is 10.4 Å². The van der Waals surface area contributed by atoms with Crippen LogP contribution in [0.3, 0.4) is 0 Å². The van der Waals surface area contributed by atoms with Crippen LogP contribution in [0.2, 0.25) is 0 Å². The van der Waals surface area contributed by atoms with Gasteiger partial charge < -0.3 is 15.1 Å². The van der Waals surface area contributed by atoms with Gasteiger partial charge in [0.25, 0.3) is 0 Å². The van der Waals surface area contributed by atoms with Crippen LogP contribution >= 0.6 is 35.3 Å². The van der Waals surface area contributed by atoms with E-state index in [1.165, 1.54) is 6.92 Å². The smallest absolute Gasteiger partial charge is 0.350 e. The van der Waals surface area contributed by atoms with E-state index < -0.39 is 11.9 Å². The topological polar surface area (TPSA) is 60.8 Å². The van der Waals surface area contributed by atoms with Crippen molar-refractivity contribution in [3.63, 3.8) is 0 Å². The third-order valence-corrected chi connectivity index (χ3v) is 4.33. The van der Waals surface area contributed by atoms with Crippen LogP contribution in [-0.4, -0.2) is 59.9 Å². The van der Waals surface area contributed by atoms with Gasteiger partial charge in [-0.1, -0.05) is 0 Å². The molecule has 0 atom stereocenters. The minimum absolute atomic E-state index is 0. The van der Waals surface area contributed by atoms with Crippen molar-refractivity contribution in [1.29, 1.82) is 0 Å². The van der Waals surface area contributed by atoms with Crippen molar-refractivity contribution in [2.45, 2.75) is 19.6 Å². The van der Waals surface area contributed by atoms with E-state index in [9.17, 15) is 18.0 Å². The summed E-state index contributed by atoms with van der Waals surface area (Å²) in [5, 5.41) is 4.37. The fourth-order valence-electron chi connectivity index (χ4n) is 2.24. The lowest BCUT2D eigenvalue weighted by molar-refractivity contribution is -0.140. The van der Waals surface area contributed by atoms with E-state index >= 15 is 0 Å². The van der Waals surface area contributed by atoms with Crippen LogP contribution < -0.4 is 5.32 Å². The molecule has 1 aliphatic heterocycles. The number of hydrogen-bond acceptors (Lipinski definition) is 4. The molecule has 1 aromatic rings. The summed E-state index contributed by atoms with van der Waals surface area (Å²) in [6.45, 7) is 4.18. The third kappa shape index (κ3) is 5.46. The van der Waals surface area contributed by atoms with Gasteiger partial charge in [0.1, 0.15) is 5.01 Å². The molecule has 0 saturated carbocycles. The van der Waals surface area contributed by atoms with Gasteiger partial charge in [0.05, 0.1) is 6.54 Å². The van der Waals surface area contributed by atoms with Crippen LogP contribution in [0, 0.1) is 0 Å². The zero-order valence-corrected chi connectivity index (χ0v) is 16.4. The molecule has 1 aliphatic rings. The Morgan fingerprint density at radius 3 is 2.38 bits per heavy atom. The number of rotatable bonds is 2. The summed E-state index contributed by atoms with van der Waals surface area (Å²) in [5.41, 5.74) is -0.871. The van der Waals surface area contributed by atoms with Gasteiger partial charge in [-0.3, -0.25) is 9.79 Å². The van der Waals surface area contributed by atoms with Crippen LogP contribution in [0.4, 0.5) is 13.2 Å². The summed E-state index contributed by atoms with van der Waals surface area (Å²) in [4.78, 5) is 22.7. The molecule has 6 nitrogen and oxygen atoms in total. The fraction of sp³-hybridized carbons (Fsp3) is 0.615. The number of aromatic nitrogens is 1. The Bertz CT molecular complexity index is 584. The molecule has 1 N–H and O–H groups in total. The van der Waals surface area contributed by atoms with E-state index in [4.69, 9.17) is 0 Å². The van der Waals surface area contributed by atoms with Crippen molar-refractivity contribution in [1.82, 2.24) is 20.1 Å². The van der Waals surface area contributed by atoms with Crippen LogP contribution in [0.5, 0.6) is 0 Å². The fourth-order valence-corrected chi connectivity index (χ4v) is 2.98. The highest BCUT2D eigenvalue weighted by Crippen LogP contribution is 2.29. The quantitative estimate of drug-likeness (QED) is 0.403. The lowest BCUT2D eigenvalue weighted by atomic mass is 10.3. The molecular weight excluding hydrogens is 458 g/mol. The summed E-state index contributed by atoms with van der Waals surface area (Å²) in [6, 6.07) is 0. The number of nitrogens with one attached hydrogen (secondary N) is 1. The number of thiazole rings is 1. The molecule has 1 fully saturated rings. The first-order valence-electron chi connectivity index (χ1n) is 7.04. The van der Waals surface area contributed by atoms with Crippen molar-refractivity contribution < 1.29 is 18.0 Å². The van der Waals surface area contributed by atoms with E-state index in [-0.39, 0.29) is 36.4 Å². The Kier molecular flexibility index (Phi) is 7.70. The van der Waals surface area contributed by atoms with Crippen LogP contribution in [-0.2, 0) is 17.5 Å². The molecule has 2 heterocycles. The Morgan fingerprint density at radius 1 is 1.33 bits per heavy atom. The van der Waals surface area contributed by atoms with Crippen molar-refractivity contribution in [2.75, 3.05) is 33.2 Å². The molecular formula is C13H19F3IN5OS. The predicted octanol–water partition coefficient (Wildman–Crippen LogP) is 2.02. The summed E-state index contributed by atoms with van der Waals surface area (Å²) in [7, 11) is 1.61. The van der Waals surface area contributed by atoms with E-state index in [0.29, 0.717) is 37.1 Å². The number of carbonyl (C=O) groups excluding carboxylic acids is 1. The van der Waals surface area contributed by atoms with Gasteiger partial charge in [-0.2, -0.15) is 13.2 Å². The molecule has 0 bridgehead atoms. The Balaban J connectivity index is 0.00000288. The normalized spacial score (nSPS) is 16.0. The first-order valence-corrected chi connectivity index (χ1v) is 7.92. The second-order valence-electron chi connectivity index (χ2n) is 5.02. The minimum atomic E-state index is -4.42. The van der Waals surface area contributed by atoms with Gasteiger partial charge in [-0.25, -0.2) is 4.98 Å². The lowest BCUT2D eigenvalue weighted by Gasteiger charge is -2.36. The number of halogens is 4. The first-order chi connectivity index (χ1) is 10.8. The Labute approximate surface area is 159 Å². The number of guanidine groups is 1. The lowest BCUT2D eigenvalue weighted by Crippen LogP contribution is -2.53. The average molecular weight is 477 g/mol. The maximum Gasteiger partial charge on any atom is 0.434 e. The summed E-state index contributed by atoms with van der Waals surface area (Å²) < 4.78 is 37.6. The summed E-state index contributed by atoms with van der Waals surface area (Å²) >= 11 is 0.960. The molecule has 0 spiro atoms. The van der Waals surface area contributed by atoms with Crippen LogP contribution in [0.25, 0.3) is 0 Å². The van der Waals surface area contributed by atoms with Gasteiger partial charge >= 0.3 is 6.18 Å². The molecule has 1 amide bonds. The van der Waals surface area contributed by atoms with Crippen molar-refractivity contribution in [3.05, 3.63) is 16.1 Å². The van der Waals surface area contributed by atoms with E-state index in [1.807, 2.05) is 4.90 Å². The number of carbonyl (C=O) groups is 1. The molecule has 0 aliphatic carbocycles. The van der Waals surface area contributed by atoms with Gasteiger partial charge in [0.2, 0.25) is 5.91 Å². The van der Waals surface area contributed by atoms with Gasteiger partial charge in [-0.05, 0) is 0 Å². The molecule has 0 unspecified atom stereocenters. The van der Waals surface area contributed by atoms with Gasteiger partial charge in [0.15, 0.2) is 11.7 Å². The molecule has 11 heteroatoms. The number of aliphatic imine (C=N–C) groups is 1. The van der Waals surface area contributed by atoms with Crippen molar-refractivity contribution in [2.24, 2.45) is 4.99 Å². The molecule has 1 saturated heterocycles. The number of alkyl halides is 3. The molecule has 136 valence electrons. The molecule has 1 aromatic heterocycles. The maximum absolute atomic E-state index is 12.5. The average Bonchev–Trinajstić information content (AvgIpc) is 2.97. The standard InChI is InChI=1S/C13H18F3N5OS.HI/c1-9(22)20-3-5-21(6-4-20)12(17-2)18-7-11-19-10(8-23-11)13(14,15)16;/h8H,3-7H2,1-2H3,(H,17,18);1H. The second kappa shape index (κ2) is 8.83. The second-order valence-corrected chi connectivity index (χ2v) is 5.96. The number of amides is 1. The van der Waals surface area contributed by atoms with Crippen molar-refractivity contribution >= 4 is 47.2 Å². The Morgan fingerprint density at radius 2 is 1.92 bits per heavy atom.